The zero-order chi connectivity index (χ0) is 26.7. The summed E-state index contributed by atoms with van der Waals surface area (Å²) in [5, 5.41) is 30.9. The Morgan fingerprint density at radius 3 is 2.28 bits per heavy atom. The number of aliphatic hydroxyl groups is 1. The molecule has 0 radical (unpaired) electrons. The summed E-state index contributed by atoms with van der Waals surface area (Å²) in [5.74, 6) is -1.71. The number of rotatable bonds is 8. The third-order valence-electron chi connectivity index (χ3n) is 6.50. The van der Waals surface area contributed by atoms with Crippen molar-refractivity contribution in [3.8, 4) is 0 Å². The molecule has 200 valence electrons. The molecule has 0 spiro atoms. The molecule has 5 N–H and O–H groups in total. The summed E-state index contributed by atoms with van der Waals surface area (Å²) in [4.78, 5) is 49.3. The molecule has 3 amide bonds. The Labute approximate surface area is 207 Å². The van der Waals surface area contributed by atoms with Crippen molar-refractivity contribution in [2.24, 2.45) is 0 Å². The van der Waals surface area contributed by atoms with Crippen molar-refractivity contribution in [3.05, 3.63) is 12.3 Å². The van der Waals surface area contributed by atoms with Gasteiger partial charge in [-0.1, -0.05) is 12.8 Å². The van der Waals surface area contributed by atoms with Crippen molar-refractivity contribution in [1.29, 1.82) is 0 Å². The van der Waals surface area contributed by atoms with Gasteiger partial charge in [-0.2, -0.15) is 4.68 Å². The number of anilines is 1. The fraction of sp³-hybridized carbons (Fsp3) is 0.696. The molecule has 2 fully saturated rings. The number of carbonyl (C=O) groups excluding carboxylic acids is 3. The molecule has 12 nitrogen and oxygen atoms in total. The van der Waals surface area contributed by atoms with E-state index in [0.717, 1.165) is 6.20 Å². The maximum Gasteiger partial charge on any atom is 0.432 e. The van der Waals surface area contributed by atoms with Crippen molar-refractivity contribution in [2.45, 2.75) is 101 Å². The minimum atomic E-state index is -1.70. The number of amides is 3. The van der Waals surface area contributed by atoms with Crippen molar-refractivity contribution in [1.82, 2.24) is 20.4 Å². The van der Waals surface area contributed by atoms with Gasteiger partial charge in [-0.05, 0) is 52.9 Å². The van der Waals surface area contributed by atoms with Crippen LogP contribution >= 0.6 is 0 Å². The van der Waals surface area contributed by atoms with Gasteiger partial charge in [0.2, 0.25) is 5.91 Å². The summed E-state index contributed by atoms with van der Waals surface area (Å²) in [6, 6.07) is -0.0321. The van der Waals surface area contributed by atoms with E-state index >= 15 is 4.39 Å². The highest BCUT2D eigenvalue weighted by Crippen LogP contribution is 2.39. The largest absolute Gasteiger partial charge is 0.463 e. The predicted octanol–water partition coefficient (Wildman–Crippen LogP) is 2.31. The van der Waals surface area contributed by atoms with E-state index in [9.17, 15) is 24.3 Å². The first-order chi connectivity index (χ1) is 16.7. The summed E-state index contributed by atoms with van der Waals surface area (Å²) in [6.45, 7) is 4.98. The molecule has 2 atom stereocenters. The molecule has 1 heterocycles. The number of hydrogen-bond donors (Lipinski definition) is 5. The molecule has 36 heavy (non-hydrogen) atoms. The van der Waals surface area contributed by atoms with Crippen LogP contribution < -0.4 is 16.0 Å². The Kier molecular flexibility index (Phi) is 7.91. The minimum Gasteiger partial charge on any atom is -0.463 e. The van der Waals surface area contributed by atoms with Crippen LogP contribution in [0.5, 0.6) is 0 Å². The maximum atomic E-state index is 15.3. The smallest absolute Gasteiger partial charge is 0.432 e. The molecule has 0 aliphatic heterocycles. The van der Waals surface area contributed by atoms with Gasteiger partial charge in [0.05, 0.1) is 5.54 Å². The van der Waals surface area contributed by atoms with Crippen molar-refractivity contribution < 1.29 is 38.5 Å². The van der Waals surface area contributed by atoms with Crippen LogP contribution in [0.15, 0.2) is 12.3 Å². The third kappa shape index (κ3) is 6.71. The Morgan fingerprint density at radius 2 is 1.78 bits per heavy atom. The quantitative estimate of drug-likeness (QED) is 0.354. The van der Waals surface area contributed by atoms with Gasteiger partial charge >= 0.3 is 12.2 Å². The van der Waals surface area contributed by atoms with Crippen LogP contribution in [-0.2, 0) is 14.3 Å². The third-order valence-corrected chi connectivity index (χ3v) is 6.50. The lowest BCUT2D eigenvalue weighted by Gasteiger charge is -2.45. The maximum absolute atomic E-state index is 15.3. The van der Waals surface area contributed by atoms with E-state index in [2.05, 4.69) is 21.0 Å². The lowest BCUT2D eigenvalue weighted by molar-refractivity contribution is -0.137. The Bertz CT molecular complexity index is 995. The van der Waals surface area contributed by atoms with Crippen LogP contribution in [-0.4, -0.2) is 72.9 Å². The molecule has 0 saturated heterocycles. The molecule has 13 heteroatoms. The van der Waals surface area contributed by atoms with Crippen molar-refractivity contribution >= 4 is 29.8 Å². The molecular weight excluding hydrogens is 477 g/mol. The van der Waals surface area contributed by atoms with E-state index in [-0.39, 0.29) is 37.9 Å². The van der Waals surface area contributed by atoms with Crippen LogP contribution in [0.2, 0.25) is 0 Å². The number of alkyl carbamates (subject to hydrolysis) is 1. The number of halogens is 1. The Morgan fingerprint density at radius 1 is 1.14 bits per heavy atom. The lowest BCUT2D eigenvalue weighted by atomic mass is 9.72. The van der Waals surface area contributed by atoms with Gasteiger partial charge in [0, 0.05) is 18.7 Å². The molecule has 2 saturated carbocycles. The van der Waals surface area contributed by atoms with E-state index in [1.165, 1.54) is 6.07 Å². The first-order valence-electron chi connectivity index (χ1n) is 12.0. The van der Waals surface area contributed by atoms with Gasteiger partial charge in [-0.15, -0.1) is 5.10 Å². The van der Waals surface area contributed by atoms with E-state index in [4.69, 9.17) is 9.84 Å². The van der Waals surface area contributed by atoms with Crippen LogP contribution in [0, 0.1) is 0 Å². The van der Waals surface area contributed by atoms with E-state index in [1.807, 2.05) is 0 Å². The number of nitrogens with zero attached hydrogens (tertiary/aromatic N) is 2. The van der Waals surface area contributed by atoms with E-state index < -0.39 is 53.0 Å². The number of alkyl halides is 1. The zero-order valence-electron chi connectivity index (χ0n) is 20.7. The summed E-state index contributed by atoms with van der Waals surface area (Å²) < 4.78 is 21.1. The summed E-state index contributed by atoms with van der Waals surface area (Å²) in [6.07, 6.45) is 0.000592. The topological polar surface area (TPSA) is 172 Å². The van der Waals surface area contributed by atoms with Gasteiger partial charge in [0.15, 0.2) is 11.9 Å². The zero-order valence-corrected chi connectivity index (χ0v) is 20.7. The predicted molar refractivity (Wildman–Crippen MR) is 125 cm³/mol. The molecule has 2 unspecified atom stereocenters. The molecule has 1 aromatic rings. The molecule has 0 aromatic carbocycles. The number of ether oxygens (including phenoxy) is 1. The average Bonchev–Trinajstić information content (AvgIpc) is 3.37. The lowest BCUT2D eigenvalue weighted by Crippen LogP contribution is -2.67. The molecule has 1 aromatic heterocycles. The summed E-state index contributed by atoms with van der Waals surface area (Å²) in [5.41, 5.74) is -3.78. The van der Waals surface area contributed by atoms with Gasteiger partial charge < -0.3 is 30.9 Å². The molecular formula is C23H34FN5O7. The van der Waals surface area contributed by atoms with Crippen LogP contribution in [0.3, 0.4) is 0 Å². The van der Waals surface area contributed by atoms with E-state index in [0.29, 0.717) is 23.9 Å². The number of hydrogen-bond acceptors (Lipinski definition) is 7. The second kappa shape index (κ2) is 10.4. The van der Waals surface area contributed by atoms with Gasteiger partial charge in [-0.3, -0.25) is 9.59 Å². The van der Waals surface area contributed by atoms with E-state index in [1.54, 1.807) is 20.8 Å². The summed E-state index contributed by atoms with van der Waals surface area (Å²) >= 11 is 0. The van der Waals surface area contributed by atoms with Crippen LogP contribution in [0.1, 0.15) is 72.1 Å². The number of carboxylic acid groups (broad SMARTS) is 1. The first kappa shape index (κ1) is 27.4. The van der Waals surface area contributed by atoms with Gasteiger partial charge in [-0.25, -0.2) is 14.0 Å². The monoisotopic (exact) mass is 511 g/mol. The standard InChI is InChI=1S/C23H34FN5O7/c1-21(2,3)36-19(33)25-14(13-22(24)8-4-5-9-22)17(31)27-23(10-6-11-23)16(30)18(32)26-15-7-12-29(28-15)20(34)35/h7,12,14,16,30H,4-6,8-11,13H2,1-3H3,(H,25,33)(H,27,31)(H,34,35)(H,26,28,32). The summed E-state index contributed by atoms with van der Waals surface area (Å²) in [7, 11) is 0. The Hall–Kier alpha value is -3.22. The van der Waals surface area contributed by atoms with Crippen molar-refractivity contribution in [3.63, 3.8) is 0 Å². The highest BCUT2D eigenvalue weighted by molar-refractivity contribution is 5.95. The van der Waals surface area contributed by atoms with Crippen LogP contribution in [0.4, 0.5) is 19.8 Å². The second-order valence-electron chi connectivity index (χ2n) is 10.6. The normalized spacial score (nSPS) is 19.9. The van der Waals surface area contributed by atoms with Crippen LogP contribution in [0.25, 0.3) is 0 Å². The fourth-order valence-electron chi connectivity index (χ4n) is 4.54. The fourth-order valence-corrected chi connectivity index (χ4v) is 4.54. The van der Waals surface area contributed by atoms with Gasteiger partial charge in [0.25, 0.3) is 5.91 Å². The number of nitrogens with one attached hydrogen (secondary N) is 3. The molecule has 0 bridgehead atoms. The molecule has 2 aliphatic rings. The minimum absolute atomic E-state index is 0.0904. The highest BCUT2D eigenvalue weighted by atomic mass is 19.1. The number of carbonyl (C=O) groups is 4. The highest BCUT2D eigenvalue weighted by Gasteiger charge is 2.50. The number of aliphatic hydroxyl groups excluding tert-OH is 1. The second-order valence-corrected chi connectivity index (χ2v) is 10.6. The SMILES string of the molecule is CC(C)(C)OC(=O)NC(CC1(F)CCCC1)C(=O)NC1(C(O)C(=O)Nc2ccn(C(=O)O)n2)CCC1. The van der Waals surface area contributed by atoms with Crippen molar-refractivity contribution in [2.75, 3.05) is 5.32 Å². The number of aromatic nitrogens is 2. The average molecular weight is 512 g/mol. The first-order valence-corrected chi connectivity index (χ1v) is 12.0. The Balaban J connectivity index is 1.71. The van der Waals surface area contributed by atoms with Gasteiger partial charge in [0.1, 0.15) is 17.3 Å². The molecule has 2 aliphatic carbocycles. The molecule has 3 rings (SSSR count).